The van der Waals surface area contributed by atoms with Crippen LogP contribution in [-0.2, 0) is 0 Å². The summed E-state index contributed by atoms with van der Waals surface area (Å²) < 4.78 is 12.0. The molecule has 1 aromatic heterocycles. The van der Waals surface area contributed by atoms with Gasteiger partial charge in [0.1, 0.15) is 11.3 Å². The monoisotopic (exact) mass is 436 g/mol. The van der Waals surface area contributed by atoms with E-state index in [2.05, 4.69) is 26.2 Å². The third-order valence-electron chi connectivity index (χ3n) is 4.18. The van der Waals surface area contributed by atoms with E-state index in [0.717, 1.165) is 21.1 Å². The van der Waals surface area contributed by atoms with Crippen LogP contribution in [0.2, 0.25) is 0 Å². The summed E-state index contributed by atoms with van der Waals surface area (Å²) in [5, 5.41) is 2.89. The molecule has 1 amide bonds. The average Bonchev–Trinajstić information content (AvgIpc) is 3.14. The number of ether oxygens (including phenoxy) is 1. The van der Waals surface area contributed by atoms with Crippen LogP contribution in [0.4, 0.5) is 5.69 Å². The first-order valence-electron chi connectivity index (χ1n) is 8.84. The fourth-order valence-corrected chi connectivity index (χ4v) is 3.30. The second-order valence-corrected chi connectivity index (χ2v) is 6.95. The minimum atomic E-state index is -0.196. The van der Waals surface area contributed by atoms with Gasteiger partial charge in [-0.1, -0.05) is 12.1 Å². The van der Waals surface area contributed by atoms with Crippen LogP contribution in [0.25, 0.3) is 22.6 Å². The highest BCUT2D eigenvalue weighted by Crippen LogP contribution is 2.27. The number of para-hydroxylation sites is 2. The summed E-state index contributed by atoms with van der Waals surface area (Å²) in [7, 11) is 0. The molecule has 0 saturated heterocycles. The van der Waals surface area contributed by atoms with Crippen molar-refractivity contribution in [3.63, 3.8) is 0 Å². The van der Waals surface area contributed by atoms with Crippen LogP contribution in [0.15, 0.2) is 75.6 Å². The molecule has 0 aliphatic rings. The summed E-state index contributed by atoms with van der Waals surface area (Å²) >= 11 is 3.43. The van der Waals surface area contributed by atoms with Crippen LogP contribution in [-0.4, -0.2) is 17.5 Å². The smallest absolute Gasteiger partial charge is 0.255 e. The molecule has 4 rings (SSSR count). The number of aromatic nitrogens is 1. The van der Waals surface area contributed by atoms with Gasteiger partial charge in [0.2, 0.25) is 5.89 Å². The number of halogens is 1. The van der Waals surface area contributed by atoms with Gasteiger partial charge < -0.3 is 14.5 Å². The van der Waals surface area contributed by atoms with Crippen molar-refractivity contribution in [2.75, 3.05) is 11.9 Å². The van der Waals surface area contributed by atoms with Crippen molar-refractivity contribution in [3.8, 4) is 17.2 Å². The van der Waals surface area contributed by atoms with Crippen LogP contribution in [0.1, 0.15) is 17.3 Å². The molecule has 6 heteroatoms. The highest BCUT2D eigenvalue weighted by Gasteiger charge is 2.11. The molecule has 1 heterocycles. The summed E-state index contributed by atoms with van der Waals surface area (Å²) in [6, 6.07) is 20.3. The molecule has 0 radical (unpaired) electrons. The van der Waals surface area contributed by atoms with Crippen LogP contribution >= 0.6 is 15.9 Å². The van der Waals surface area contributed by atoms with Crippen LogP contribution in [0, 0.1) is 0 Å². The zero-order valence-corrected chi connectivity index (χ0v) is 16.7. The van der Waals surface area contributed by atoms with Gasteiger partial charge in [-0.05, 0) is 77.5 Å². The van der Waals surface area contributed by atoms with E-state index in [9.17, 15) is 4.79 Å². The standard InChI is InChI=1S/C22H17BrN2O3/c1-2-27-19-12-9-15(13-17(19)23)21(26)24-16-10-7-14(8-11-16)22-25-18-5-3-4-6-20(18)28-22/h3-13H,2H2,1H3,(H,24,26). The molecule has 0 fully saturated rings. The van der Waals surface area contributed by atoms with E-state index < -0.39 is 0 Å². The largest absolute Gasteiger partial charge is 0.493 e. The minimum Gasteiger partial charge on any atom is -0.493 e. The molecule has 1 N–H and O–H groups in total. The Morgan fingerprint density at radius 3 is 2.61 bits per heavy atom. The van der Waals surface area contributed by atoms with Gasteiger partial charge in [0.25, 0.3) is 5.91 Å². The Hall–Kier alpha value is -3.12. The number of carbonyl (C=O) groups excluding carboxylic acids is 1. The minimum absolute atomic E-state index is 0.196. The van der Waals surface area contributed by atoms with Gasteiger partial charge in [-0.25, -0.2) is 4.98 Å². The molecule has 3 aromatic carbocycles. The fourth-order valence-electron chi connectivity index (χ4n) is 2.81. The molecule has 0 aliphatic carbocycles. The Morgan fingerprint density at radius 1 is 1.11 bits per heavy atom. The lowest BCUT2D eigenvalue weighted by atomic mass is 10.1. The van der Waals surface area contributed by atoms with E-state index in [1.807, 2.05) is 55.5 Å². The van der Waals surface area contributed by atoms with Gasteiger partial charge in [0, 0.05) is 16.8 Å². The van der Waals surface area contributed by atoms with E-state index in [0.29, 0.717) is 29.5 Å². The molecular weight excluding hydrogens is 420 g/mol. The molecule has 0 atom stereocenters. The maximum atomic E-state index is 12.5. The number of nitrogens with zero attached hydrogens (tertiary/aromatic N) is 1. The Kier molecular flexibility index (Phi) is 5.12. The predicted octanol–water partition coefficient (Wildman–Crippen LogP) is 5.91. The number of carbonyl (C=O) groups is 1. The average molecular weight is 437 g/mol. The molecule has 4 aromatic rings. The predicted molar refractivity (Wildman–Crippen MR) is 113 cm³/mol. The van der Waals surface area contributed by atoms with E-state index in [1.165, 1.54) is 0 Å². The number of benzene rings is 3. The Morgan fingerprint density at radius 2 is 1.89 bits per heavy atom. The van der Waals surface area contributed by atoms with Crippen molar-refractivity contribution in [3.05, 3.63) is 76.8 Å². The second-order valence-electron chi connectivity index (χ2n) is 6.10. The van der Waals surface area contributed by atoms with Gasteiger partial charge in [0.05, 0.1) is 11.1 Å². The van der Waals surface area contributed by atoms with Gasteiger partial charge in [-0.15, -0.1) is 0 Å². The Balaban J connectivity index is 1.49. The maximum absolute atomic E-state index is 12.5. The topological polar surface area (TPSA) is 64.4 Å². The van der Waals surface area contributed by atoms with Crippen molar-refractivity contribution in [1.82, 2.24) is 4.98 Å². The Bertz CT molecular complexity index is 1100. The molecule has 28 heavy (non-hydrogen) atoms. The highest BCUT2D eigenvalue weighted by atomic mass is 79.9. The van der Waals surface area contributed by atoms with Crippen molar-refractivity contribution >= 4 is 38.6 Å². The van der Waals surface area contributed by atoms with Gasteiger partial charge >= 0.3 is 0 Å². The summed E-state index contributed by atoms with van der Waals surface area (Å²) in [5.41, 5.74) is 3.64. The SMILES string of the molecule is CCOc1ccc(C(=O)Nc2ccc(-c3nc4ccccc4o3)cc2)cc1Br. The molecule has 0 aliphatic heterocycles. The summed E-state index contributed by atoms with van der Waals surface area (Å²) in [4.78, 5) is 17.0. The number of nitrogens with one attached hydrogen (secondary N) is 1. The first-order chi connectivity index (χ1) is 13.6. The zero-order chi connectivity index (χ0) is 19.5. The van der Waals surface area contributed by atoms with Crippen LogP contribution in [0.5, 0.6) is 5.75 Å². The number of hydrogen-bond acceptors (Lipinski definition) is 4. The molecule has 0 bridgehead atoms. The lowest BCUT2D eigenvalue weighted by Gasteiger charge is -2.09. The maximum Gasteiger partial charge on any atom is 0.255 e. The molecule has 140 valence electrons. The van der Waals surface area contributed by atoms with Crippen LogP contribution < -0.4 is 10.1 Å². The first-order valence-corrected chi connectivity index (χ1v) is 9.63. The van der Waals surface area contributed by atoms with Crippen LogP contribution in [0.3, 0.4) is 0 Å². The lowest BCUT2D eigenvalue weighted by molar-refractivity contribution is 0.102. The number of hydrogen-bond donors (Lipinski definition) is 1. The quantitative estimate of drug-likeness (QED) is 0.422. The molecule has 5 nitrogen and oxygen atoms in total. The number of amides is 1. The fraction of sp³-hybridized carbons (Fsp3) is 0.0909. The van der Waals surface area contributed by atoms with E-state index in [1.54, 1.807) is 18.2 Å². The summed E-state index contributed by atoms with van der Waals surface area (Å²) in [6.45, 7) is 2.48. The number of anilines is 1. The van der Waals surface area contributed by atoms with Crippen molar-refractivity contribution in [2.24, 2.45) is 0 Å². The number of fused-ring (bicyclic) bond motifs is 1. The Labute approximate surface area is 170 Å². The third-order valence-corrected chi connectivity index (χ3v) is 4.80. The van der Waals surface area contributed by atoms with E-state index >= 15 is 0 Å². The van der Waals surface area contributed by atoms with E-state index in [4.69, 9.17) is 9.15 Å². The highest BCUT2D eigenvalue weighted by molar-refractivity contribution is 9.10. The van der Waals surface area contributed by atoms with Crippen molar-refractivity contribution in [1.29, 1.82) is 0 Å². The summed E-state index contributed by atoms with van der Waals surface area (Å²) in [6.07, 6.45) is 0. The van der Waals surface area contributed by atoms with Crippen molar-refractivity contribution in [2.45, 2.75) is 6.92 Å². The molecule has 0 spiro atoms. The van der Waals surface area contributed by atoms with Gasteiger partial charge in [-0.2, -0.15) is 0 Å². The molecule has 0 saturated carbocycles. The number of rotatable bonds is 5. The van der Waals surface area contributed by atoms with Crippen molar-refractivity contribution < 1.29 is 13.9 Å². The van der Waals surface area contributed by atoms with Gasteiger partial charge in [0.15, 0.2) is 5.58 Å². The molecule has 0 unspecified atom stereocenters. The second kappa shape index (κ2) is 7.86. The van der Waals surface area contributed by atoms with Gasteiger partial charge in [-0.3, -0.25) is 4.79 Å². The summed E-state index contributed by atoms with van der Waals surface area (Å²) in [5.74, 6) is 1.06. The molecular formula is C22H17BrN2O3. The van der Waals surface area contributed by atoms with E-state index in [-0.39, 0.29) is 5.91 Å². The first kappa shape index (κ1) is 18.3. The lowest BCUT2D eigenvalue weighted by Crippen LogP contribution is -2.11. The normalized spacial score (nSPS) is 10.8. The number of oxazole rings is 1. The third kappa shape index (κ3) is 3.77. The zero-order valence-electron chi connectivity index (χ0n) is 15.1.